The fraction of sp³-hybridized carbons (Fsp3) is 0.588. The van der Waals surface area contributed by atoms with Crippen LogP contribution in [-0.4, -0.2) is 23.4 Å². The Bertz CT molecular complexity index is 578. The maximum Gasteiger partial charge on any atom is 0.254 e. The van der Waals surface area contributed by atoms with Gasteiger partial charge in [0.2, 0.25) is 0 Å². The number of halogens is 1. The number of fused-ring (bicyclic) bond motifs is 2. The van der Waals surface area contributed by atoms with Crippen LogP contribution < -0.4 is 5.73 Å². The number of anilines is 1. The van der Waals surface area contributed by atoms with Crippen LogP contribution in [0.15, 0.2) is 22.7 Å². The summed E-state index contributed by atoms with van der Waals surface area (Å²) in [5.41, 5.74) is 7.77. The Morgan fingerprint density at radius 1 is 1.29 bits per heavy atom. The quantitative estimate of drug-likeness (QED) is 0.775. The van der Waals surface area contributed by atoms with E-state index in [1.54, 1.807) is 6.07 Å². The van der Waals surface area contributed by atoms with Crippen molar-refractivity contribution in [3.05, 3.63) is 28.2 Å². The first-order chi connectivity index (χ1) is 9.67. The molecule has 2 fully saturated rings. The molecule has 1 amide bonds. The number of nitrogen functional groups attached to an aromatic ring is 1. The van der Waals surface area contributed by atoms with Crippen molar-refractivity contribution in [1.82, 2.24) is 4.90 Å². The number of rotatable bonds is 1. The van der Waals surface area contributed by atoms with Crippen molar-refractivity contribution in [2.45, 2.75) is 46.1 Å². The molecular weight excluding hydrogens is 328 g/mol. The largest absolute Gasteiger partial charge is 0.399 e. The van der Waals surface area contributed by atoms with E-state index in [4.69, 9.17) is 5.73 Å². The topological polar surface area (TPSA) is 46.3 Å². The number of carbonyl (C=O) groups is 1. The Balaban J connectivity index is 1.89. The predicted octanol–water partition coefficient (Wildman–Crippen LogP) is 4.07. The van der Waals surface area contributed by atoms with E-state index in [1.807, 2.05) is 12.1 Å². The van der Waals surface area contributed by atoms with Crippen molar-refractivity contribution in [1.29, 1.82) is 0 Å². The molecule has 2 bridgehead atoms. The van der Waals surface area contributed by atoms with E-state index in [1.165, 1.54) is 6.42 Å². The second-order valence-electron chi connectivity index (χ2n) is 7.92. The number of nitrogens with zero attached hydrogens (tertiary/aromatic N) is 1. The molecule has 2 aliphatic rings. The molecule has 1 aromatic rings. The van der Waals surface area contributed by atoms with Crippen LogP contribution in [0.3, 0.4) is 0 Å². The van der Waals surface area contributed by atoms with Crippen LogP contribution in [0.2, 0.25) is 0 Å². The SMILES string of the molecule is CC1(C)CC2CC(C)(CN2C(=O)c2cc(N)cc(Br)c2)C1. The molecule has 2 atom stereocenters. The number of nitrogens with two attached hydrogens (primary N) is 1. The van der Waals surface area contributed by atoms with E-state index >= 15 is 0 Å². The fourth-order valence-corrected chi connectivity index (χ4v) is 5.11. The van der Waals surface area contributed by atoms with Gasteiger partial charge < -0.3 is 10.6 Å². The van der Waals surface area contributed by atoms with E-state index in [0.29, 0.717) is 22.7 Å². The number of benzene rings is 1. The van der Waals surface area contributed by atoms with E-state index in [9.17, 15) is 4.79 Å². The lowest BCUT2D eigenvalue weighted by Gasteiger charge is -2.39. The minimum Gasteiger partial charge on any atom is -0.399 e. The highest BCUT2D eigenvalue weighted by molar-refractivity contribution is 9.10. The lowest BCUT2D eigenvalue weighted by atomic mass is 9.65. The minimum atomic E-state index is 0.120. The lowest BCUT2D eigenvalue weighted by molar-refractivity contribution is 0.0708. The molecule has 1 aromatic carbocycles. The molecule has 1 aliphatic heterocycles. The van der Waals surface area contributed by atoms with Crippen LogP contribution in [-0.2, 0) is 0 Å². The maximum atomic E-state index is 12.9. The summed E-state index contributed by atoms with van der Waals surface area (Å²) in [4.78, 5) is 15.0. The molecule has 21 heavy (non-hydrogen) atoms. The standard InChI is InChI=1S/C17H23BrN2O/c1-16(2)7-14-8-17(3,9-16)10-20(14)15(21)11-4-12(18)6-13(19)5-11/h4-6,14H,7-10,19H2,1-3H3. The molecule has 0 radical (unpaired) electrons. The van der Waals surface area contributed by atoms with Gasteiger partial charge in [-0.3, -0.25) is 4.79 Å². The van der Waals surface area contributed by atoms with Crippen molar-refractivity contribution in [3.63, 3.8) is 0 Å². The first-order valence-corrected chi connectivity index (χ1v) is 8.34. The Kier molecular flexibility index (Phi) is 3.36. The van der Waals surface area contributed by atoms with Crippen LogP contribution in [0.4, 0.5) is 5.69 Å². The zero-order valence-corrected chi connectivity index (χ0v) is 14.5. The van der Waals surface area contributed by atoms with Gasteiger partial charge in [-0.15, -0.1) is 0 Å². The molecule has 0 spiro atoms. The van der Waals surface area contributed by atoms with Gasteiger partial charge in [-0.05, 0) is 48.3 Å². The molecule has 3 rings (SSSR count). The van der Waals surface area contributed by atoms with Crippen LogP contribution in [0.25, 0.3) is 0 Å². The number of likely N-dealkylation sites (tertiary alicyclic amines) is 1. The first-order valence-electron chi connectivity index (χ1n) is 7.55. The Morgan fingerprint density at radius 2 is 2.00 bits per heavy atom. The van der Waals surface area contributed by atoms with E-state index in [-0.39, 0.29) is 11.3 Å². The zero-order valence-electron chi connectivity index (χ0n) is 12.9. The van der Waals surface area contributed by atoms with Crippen molar-refractivity contribution in [2.24, 2.45) is 10.8 Å². The maximum absolute atomic E-state index is 12.9. The summed E-state index contributed by atoms with van der Waals surface area (Å²) in [6.07, 6.45) is 3.42. The highest BCUT2D eigenvalue weighted by Gasteiger charge is 2.51. The fourth-order valence-electron chi connectivity index (χ4n) is 4.60. The first kappa shape index (κ1) is 14.9. The Labute approximate surface area is 135 Å². The number of carbonyl (C=O) groups excluding carboxylic acids is 1. The van der Waals surface area contributed by atoms with Gasteiger partial charge in [-0.25, -0.2) is 0 Å². The molecule has 114 valence electrons. The molecule has 3 nitrogen and oxygen atoms in total. The summed E-state index contributed by atoms with van der Waals surface area (Å²) in [5, 5.41) is 0. The van der Waals surface area contributed by atoms with Gasteiger partial charge in [0.05, 0.1) is 0 Å². The number of amides is 1. The lowest BCUT2D eigenvalue weighted by Crippen LogP contribution is -2.37. The second-order valence-corrected chi connectivity index (χ2v) is 8.84. The van der Waals surface area contributed by atoms with Crippen molar-refractivity contribution in [3.8, 4) is 0 Å². The molecule has 1 saturated carbocycles. The third kappa shape index (κ3) is 2.83. The molecule has 1 aliphatic carbocycles. The van der Waals surface area contributed by atoms with Gasteiger partial charge in [0.15, 0.2) is 0 Å². The van der Waals surface area contributed by atoms with Crippen LogP contribution in [0.1, 0.15) is 50.4 Å². The van der Waals surface area contributed by atoms with E-state index in [2.05, 4.69) is 41.6 Å². The molecular formula is C17H23BrN2O. The summed E-state index contributed by atoms with van der Waals surface area (Å²) < 4.78 is 0.861. The molecule has 1 heterocycles. The summed E-state index contributed by atoms with van der Waals surface area (Å²) in [5.74, 6) is 0.120. The number of hydrogen-bond acceptors (Lipinski definition) is 2. The second kappa shape index (κ2) is 4.73. The average Bonchev–Trinajstić information content (AvgIpc) is 2.56. The normalized spacial score (nSPS) is 30.5. The summed E-state index contributed by atoms with van der Waals surface area (Å²) in [6.45, 7) is 7.83. The monoisotopic (exact) mass is 350 g/mol. The molecule has 2 unspecified atom stereocenters. The Morgan fingerprint density at radius 3 is 2.67 bits per heavy atom. The molecule has 2 N–H and O–H groups in total. The van der Waals surface area contributed by atoms with Crippen LogP contribution in [0.5, 0.6) is 0 Å². The van der Waals surface area contributed by atoms with Gasteiger partial charge in [0, 0.05) is 28.3 Å². The van der Waals surface area contributed by atoms with Crippen molar-refractivity contribution < 1.29 is 4.79 Å². The van der Waals surface area contributed by atoms with Crippen molar-refractivity contribution >= 4 is 27.5 Å². The molecule has 4 heteroatoms. The Hall–Kier alpha value is -1.03. The van der Waals surface area contributed by atoms with E-state index < -0.39 is 0 Å². The van der Waals surface area contributed by atoms with Crippen LogP contribution in [0, 0.1) is 10.8 Å². The highest BCUT2D eigenvalue weighted by atomic mass is 79.9. The summed E-state index contributed by atoms with van der Waals surface area (Å²) in [6, 6.07) is 5.84. The van der Waals surface area contributed by atoms with Crippen LogP contribution >= 0.6 is 15.9 Å². The molecule has 1 saturated heterocycles. The zero-order chi connectivity index (χ0) is 15.4. The van der Waals surface area contributed by atoms with Gasteiger partial charge in [0.25, 0.3) is 5.91 Å². The highest BCUT2D eigenvalue weighted by Crippen LogP contribution is 2.52. The predicted molar refractivity (Wildman–Crippen MR) is 89.1 cm³/mol. The average molecular weight is 351 g/mol. The minimum absolute atomic E-state index is 0.120. The number of hydrogen-bond donors (Lipinski definition) is 1. The summed E-state index contributed by atoms with van der Waals surface area (Å²) in [7, 11) is 0. The van der Waals surface area contributed by atoms with Gasteiger partial charge in [0.1, 0.15) is 0 Å². The smallest absolute Gasteiger partial charge is 0.254 e. The van der Waals surface area contributed by atoms with E-state index in [0.717, 1.165) is 23.9 Å². The van der Waals surface area contributed by atoms with Gasteiger partial charge in [-0.2, -0.15) is 0 Å². The van der Waals surface area contributed by atoms with Crippen molar-refractivity contribution in [2.75, 3.05) is 12.3 Å². The third-order valence-electron chi connectivity index (χ3n) is 4.84. The third-order valence-corrected chi connectivity index (χ3v) is 5.30. The van der Waals surface area contributed by atoms with Gasteiger partial charge in [-0.1, -0.05) is 36.7 Å². The summed E-state index contributed by atoms with van der Waals surface area (Å²) >= 11 is 3.42. The molecule has 0 aromatic heterocycles. The van der Waals surface area contributed by atoms with Gasteiger partial charge >= 0.3 is 0 Å².